The highest BCUT2D eigenvalue weighted by atomic mass is 32.1. The molecule has 0 amide bonds. The van der Waals surface area contributed by atoms with Crippen molar-refractivity contribution in [2.75, 3.05) is 13.7 Å². The summed E-state index contributed by atoms with van der Waals surface area (Å²) in [5.41, 5.74) is 2.11. The molecule has 0 saturated heterocycles. The number of thiazole rings is 1. The first-order valence-corrected chi connectivity index (χ1v) is 12.0. The zero-order chi connectivity index (χ0) is 24.5. The molecular weight excluding hydrogens is 462 g/mol. The van der Waals surface area contributed by atoms with E-state index >= 15 is 0 Å². The topological polar surface area (TPSA) is 82.8 Å². The van der Waals surface area contributed by atoms with E-state index in [-0.39, 0.29) is 12.2 Å². The van der Waals surface area contributed by atoms with Gasteiger partial charge in [0.2, 0.25) is 0 Å². The Hall–Kier alpha value is -4.04. The van der Waals surface area contributed by atoms with E-state index in [9.17, 15) is 9.59 Å². The molecule has 176 valence electrons. The molecule has 3 heterocycles. The highest BCUT2D eigenvalue weighted by molar-refractivity contribution is 7.07. The van der Waals surface area contributed by atoms with Gasteiger partial charge in [0.15, 0.2) is 4.80 Å². The fraction of sp³-hybridized carbons (Fsp3) is 0.185. The average molecular weight is 486 g/mol. The second-order valence-corrected chi connectivity index (χ2v) is 9.00. The molecule has 35 heavy (non-hydrogen) atoms. The fourth-order valence-electron chi connectivity index (χ4n) is 4.41. The lowest BCUT2D eigenvalue weighted by Crippen LogP contribution is -2.40. The van der Waals surface area contributed by atoms with Crippen LogP contribution in [-0.2, 0) is 9.53 Å². The number of aromatic nitrogens is 2. The van der Waals surface area contributed by atoms with Crippen molar-refractivity contribution in [3.05, 3.63) is 103 Å². The van der Waals surface area contributed by atoms with Crippen LogP contribution in [0.15, 0.2) is 82.0 Å². The first kappa shape index (κ1) is 22.7. The summed E-state index contributed by atoms with van der Waals surface area (Å²) in [6.07, 6.45) is 5.16. The van der Waals surface area contributed by atoms with Crippen LogP contribution in [0, 0.1) is 0 Å². The summed E-state index contributed by atoms with van der Waals surface area (Å²) in [6, 6.07) is 14.6. The number of rotatable bonds is 5. The molecule has 7 nitrogen and oxygen atoms in total. The molecule has 1 aliphatic heterocycles. The molecule has 1 aliphatic rings. The van der Waals surface area contributed by atoms with Gasteiger partial charge in [-0.1, -0.05) is 47.7 Å². The predicted octanol–water partition coefficient (Wildman–Crippen LogP) is 3.36. The average Bonchev–Trinajstić information content (AvgIpc) is 3.17. The number of pyridine rings is 1. The number of carbonyl (C=O) groups is 1. The number of ether oxygens (including phenoxy) is 2. The van der Waals surface area contributed by atoms with E-state index in [2.05, 4.69) is 9.98 Å². The van der Waals surface area contributed by atoms with Gasteiger partial charge < -0.3 is 9.47 Å². The van der Waals surface area contributed by atoms with Crippen LogP contribution in [0.3, 0.4) is 0 Å². The lowest BCUT2D eigenvalue weighted by molar-refractivity contribution is -0.139. The van der Waals surface area contributed by atoms with Gasteiger partial charge in [-0.15, -0.1) is 0 Å². The van der Waals surface area contributed by atoms with Crippen molar-refractivity contribution in [1.29, 1.82) is 0 Å². The number of methoxy groups -OCH3 is 1. The smallest absolute Gasteiger partial charge is 0.338 e. The normalized spacial score (nSPS) is 15.6. The van der Waals surface area contributed by atoms with Gasteiger partial charge in [0, 0.05) is 18.0 Å². The van der Waals surface area contributed by atoms with Gasteiger partial charge in [0.25, 0.3) is 5.56 Å². The lowest BCUT2D eigenvalue weighted by Gasteiger charge is -2.27. The monoisotopic (exact) mass is 485 g/mol. The van der Waals surface area contributed by atoms with Crippen molar-refractivity contribution < 1.29 is 14.3 Å². The van der Waals surface area contributed by atoms with Crippen LogP contribution in [0.25, 0.3) is 16.8 Å². The van der Waals surface area contributed by atoms with Crippen LogP contribution < -0.4 is 19.6 Å². The quantitative estimate of drug-likeness (QED) is 0.405. The number of fused-ring (bicyclic) bond motifs is 2. The lowest BCUT2D eigenvalue weighted by atomic mass is 9.90. The van der Waals surface area contributed by atoms with E-state index in [0.29, 0.717) is 26.4 Å². The number of hydrogen-bond acceptors (Lipinski definition) is 7. The van der Waals surface area contributed by atoms with Crippen molar-refractivity contribution in [3.8, 4) is 5.75 Å². The van der Waals surface area contributed by atoms with E-state index in [0.717, 1.165) is 21.9 Å². The molecule has 5 rings (SSSR count). The van der Waals surface area contributed by atoms with Crippen molar-refractivity contribution in [1.82, 2.24) is 9.55 Å². The Balaban J connectivity index is 1.86. The van der Waals surface area contributed by atoms with Crippen LogP contribution in [0.5, 0.6) is 5.75 Å². The summed E-state index contributed by atoms with van der Waals surface area (Å²) in [7, 11) is 1.58. The first-order valence-electron chi connectivity index (χ1n) is 11.2. The maximum Gasteiger partial charge on any atom is 0.338 e. The summed E-state index contributed by atoms with van der Waals surface area (Å²) in [4.78, 5) is 36.3. The van der Waals surface area contributed by atoms with Gasteiger partial charge in [-0.3, -0.25) is 14.3 Å². The van der Waals surface area contributed by atoms with E-state index in [1.54, 1.807) is 44.0 Å². The third kappa shape index (κ3) is 3.95. The number of allylic oxidation sites excluding steroid dienone is 1. The molecule has 0 saturated carbocycles. The first-order chi connectivity index (χ1) is 17.0. The molecule has 0 radical (unpaired) electrons. The van der Waals surface area contributed by atoms with Crippen LogP contribution in [-0.4, -0.2) is 29.2 Å². The van der Waals surface area contributed by atoms with Gasteiger partial charge >= 0.3 is 5.97 Å². The third-order valence-electron chi connectivity index (χ3n) is 5.92. The summed E-state index contributed by atoms with van der Waals surface area (Å²) in [5.74, 6) is 0.0716. The second-order valence-electron chi connectivity index (χ2n) is 7.99. The number of carbonyl (C=O) groups excluding carboxylic acids is 1. The Labute approximate surface area is 205 Å². The van der Waals surface area contributed by atoms with E-state index < -0.39 is 12.0 Å². The SMILES string of the molecule is CCOC(=O)C1=C(C)N=c2s/c(=C/c3cccnc3)c(=O)n2C1c1c(OC)ccc2ccccc12. The van der Waals surface area contributed by atoms with Crippen molar-refractivity contribution in [3.63, 3.8) is 0 Å². The molecule has 0 N–H and O–H groups in total. The minimum absolute atomic E-state index is 0.209. The van der Waals surface area contributed by atoms with Crippen LogP contribution >= 0.6 is 11.3 Å². The van der Waals surface area contributed by atoms with Crippen LogP contribution in [0.2, 0.25) is 0 Å². The number of esters is 1. The van der Waals surface area contributed by atoms with Gasteiger partial charge in [0.05, 0.1) is 29.5 Å². The molecule has 8 heteroatoms. The molecule has 4 aromatic rings. The Morgan fingerprint density at radius 3 is 2.74 bits per heavy atom. The Bertz CT molecular complexity index is 1650. The van der Waals surface area contributed by atoms with Crippen molar-refractivity contribution in [2.45, 2.75) is 19.9 Å². The third-order valence-corrected chi connectivity index (χ3v) is 6.91. The minimum Gasteiger partial charge on any atom is -0.496 e. The maximum absolute atomic E-state index is 13.8. The highest BCUT2D eigenvalue weighted by Gasteiger charge is 2.36. The molecule has 0 spiro atoms. The molecule has 2 aromatic carbocycles. The van der Waals surface area contributed by atoms with Gasteiger partial charge in [-0.05, 0) is 48.4 Å². The second kappa shape index (κ2) is 9.31. The molecule has 0 bridgehead atoms. The molecule has 0 aliphatic carbocycles. The molecule has 0 fully saturated rings. The molecule has 2 aromatic heterocycles. The molecule has 1 unspecified atom stereocenters. The zero-order valence-corrected chi connectivity index (χ0v) is 20.3. The van der Waals surface area contributed by atoms with Crippen LogP contribution in [0.1, 0.15) is 31.0 Å². The standard InChI is InChI=1S/C27H23N3O4S/c1-4-34-26(32)22-16(2)29-27-30(25(31)21(35-27)14-17-8-7-13-28-15-17)24(22)23-19-10-6-5-9-18(19)11-12-20(23)33-3/h5-15,24H,4H2,1-3H3/b21-14+. The summed E-state index contributed by atoms with van der Waals surface area (Å²) in [6.45, 7) is 3.74. The maximum atomic E-state index is 13.8. The van der Waals surface area contributed by atoms with Crippen LogP contribution in [0.4, 0.5) is 0 Å². The number of hydrogen-bond donors (Lipinski definition) is 0. The van der Waals surface area contributed by atoms with Gasteiger partial charge in [0.1, 0.15) is 11.8 Å². The number of benzene rings is 2. The van der Waals surface area contributed by atoms with Crippen molar-refractivity contribution in [2.24, 2.45) is 4.99 Å². The molecule has 1 atom stereocenters. The van der Waals surface area contributed by atoms with E-state index in [1.807, 2.05) is 48.5 Å². The Morgan fingerprint density at radius 1 is 1.17 bits per heavy atom. The minimum atomic E-state index is -0.762. The Kier molecular flexibility index (Phi) is 6.05. The fourth-order valence-corrected chi connectivity index (χ4v) is 5.46. The molecular formula is C27H23N3O4S. The largest absolute Gasteiger partial charge is 0.496 e. The van der Waals surface area contributed by atoms with E-state index in [1.165, 1.54) is 11.3 Å². The highest BCUT2D eigenvalue weighted by Crippen LogP contribution is 2.40. The predicted molar refractivity (Wildman–Crippen MR) is 135 cm³/mol. The zero-order valence-electron chi connectivity index (χ0n) is 19.5. The van der Waals surface area contributed by atoms with Gasteiger partial charge in [-0.2, -0.15) is 0 Å². The number of nitrogens with zero attached hydrogens (tertiary/aromatic N) is 3. The summed E-state index contributed by atoms with van der Waals surface area (Å²) >= 11 is 1.28. The summed E-state index contributed by atoms with van der Waals surface area (Å²) < 4.78 is 13.3. The Morgan fingerprint density at radius 2 is 2.00 bits per heavy atom. The van der Waals surface area contributed by atoms with E-state index in [4.69, 9.17) is 9.47 Å². The van der Waals surface area contributed by atoms with Gasteiger partial charge in [-0.25, -0.2) is 9.79 Å². The van der Waals surface area contributed by atoms with Crippen molar-refractivity contribution >= 4 is 34.2 Å². The summed E-state index contributed by atoms with van der Waals surface area (Å²) in [5, 5.41) is 1.86.